The number of methoxy groups -OCH3 is 1. The van der Waals surface area contributed by atoms with Crippen LogP contribution in [0.5, 0.6) is 0 Å². The molecule has 2 N–H and O–H groups in total. The van der Waals surface area contributed by atoms with E-state index in [0.717, 1.165) is 72.3 Å². The van der Waals surface area contributed by atoms with E-state index < -0.39 is 11.9 Å². The predicted octanol–water partition coefficient (Wildman–Crippen LogP) is 9.03. The molecule has 2 aromatic heterocycles. The van der Waals surface area contributed by atoms with Gasteiger partial charge in [-0.25, -0.2) is 14.4 Å². The number of esters is 1. The summed E-state index contributed by atoms with van der Waals surface area (Å²) in [5.74, 6) is -0.170. The number of likely N-dealkylation sites (N-methyl/N-ethyl adjacent to an activating group) is 1. The summed E-state index contributed by atoms with van der Waals surface area (Å²) in [5, 5.41) is 0. The van der Waals surface area contributed by atoms with Crippen molar-refractivity contribution in [3.05, 3.63) is 144 Å². The second-order valence-corrected chi connectivity index (χ2v) is 15.8. The minimum atomic E-state index is -0.650. The van der Waals surface area contributed by atoms with Crippen LogP contribution in [0.15, 0.2) is 116 Å². The largest absolute Gasteiger partial charge is 0.469 e. The molecule has 2 fully saturated rings. The van der Waals surface area contributed by atoms with Crippen LogP contribution in [0, 0.1) is 5.82 Å². The van der Waals surface area contributed by atoms with Gasteiger partial charge in [0, 0.05) is 18.7 Å². The van der Waals surface area contributed by atoms with Crippen LogP contribution >= 0.6 is 0 Å². The number of carbonyl (C=O) groups excluding carboxylic acids is 3. The van der Waals surface area contributed by atoms with Crippen LogP contribution in [0.2, 0.25) is 0 Å². The molecular weight excluding hydrogens is 770 g/mol. The lowest BCUT2D eigenvalue weighted by atomic mass is 9.94. The van der Waals surface area contributed by atoms with E-state index in [1.165, 1.54) is 13.2 Å². The minimum Gasteiger partial charge on any atom is -0.469 e. The maximum absolute atomic E-state index is 15.9. The van der Waals surface area contributed by atoms with Gasteiger partial charge in [-0.2, -0.15) is 0 Å². The van der Waals surface area contributed by atoms with E-state index in [9.17, 15) is 14.4 Å². The Morgan fingerprint density at radius 1 is 0.721 bits per heavy atom. The van der Waals surface area contributed by atoms with Crippen LogP contribution in [0.25, 0.3) is 33.6 Å². The maximum Gasteiger partial charge on any atom is 0.306 e. The van der Waals surface area contributed by atoms with E-state index in [4.69, 9.17) is 9.72 Å². The fourth-order valence-corrected chi connectivity index (χ4v) is 9.05. The van der Waals surface area contributed by atoms with Gasteiger partial charge in [-0.3, -0.25) is 19.3 Å². The number of amides is 2. The summed E-state index contributed by atoms with van der Waals surface area (Å²) in [6.45, 7) is 6.87. The molecule has 11 nitrogen and oxygen atoms in total. The Kier molecular flexibility index (Phi) is 12.5. The molecule has 0 unspecified atom stereocenters. The molecule has 0 aliphatic carbocycles. The highest BCUT2D eigenvalue weighted by molar-refractivity contribution is 5.89. The summed E-state index contributed by atoms with van der Waals surface area (Å²) in [4.78, 5) is 62.7. The highest BCUT2D eigenvalue weighted by Crippen LogP contribution is 2.38. The van der Waals surface area contributed by atoms with E-state index in [1.807, 2.05) is 101 Å². The van der Waals surface area contributed by atoms with Gasteiger partial charge in [0.2, 0.25) is 11.8 Å². The van der Waals surface area contributed by atoms with Crippen molar-refractivity contribution in [1.82, 2.24) is 34.6 Å². The second kappa shape index (κ2) is 18.5. The molecule has 0 bridgehead atoms. The topological polar surface area (TPSA) is 128 Å². The zero-order valence-electron chi connectivity index (χ0n) is 34.9. The summed E-state index contributed by atoms with van der Waals surface area (Å²) < 4.78 is 20.8. The summed E-state index contributed by atoms with van der Waals surface area (Å²) >= 11 is 0. The first kappa shape index (κ1) is 41.3. The van der Waals surface area contributed by atoms with Gasteiger partial charge in [0.1, 0.15) is 23.5 Å². The summed E-state index contributed by atoms with van der Waals surface area (Å²) in [6.07, 6.45) is 6.62. The molecular formula is C49H52FN7O4. The second-order valence-electron chi connectivity index (χ2n) is 15.8. The number of aromatic amines is 2. The number of rotatable bonds is 14. The molecule has 8 rings (SSSR count). The molecule has 2 saturated heterocycles. The quantitative estimate of drug-likeness (QED) is 0.105. The molecule has 2 amide bonds. The van der Waals surface area contributed by atoms with Gasteiger partial charge >= 0.3 is 5.97 Å². The molecule has 2 aliphatic heterocycles. The van der Waals surface area contributed by atoms with Crippen molar-refractivity contribution in [3.8, 4) is 33.6 Å². The third kappa shape index (κ3) is 8.63. The number of hydrogen-bond donors (Lipinski definition) is 2. The highest BCUT2D eigenvalue weighted by atomic mass is 19.1. The predicted molar refractivity (Wildman–Crippen MR) is 232 cm³/mol. The lowest BCUT2D eigenvalue weighted by Gasteiger charge is -2.34. The number of hydrogen-bond acceptors (Lipinski definition) is 7. The number of likely N-dealkylation sites (tertiary alicyclic amines) is 2. The minimum absolute atomic E-state index is 0.0364. The number of ether oxygens (including phenoxy) is 1. The van der Waals surface area contributed by atoms with Crippen molar-refractivity contribution < 1.29 is 23.5 Å². The molecule has 0 radical (unpaired) electrons. The first-order valence-electron chi connectivity index (χ1n) is 21.3. The molecule has 12 heteroatoms. The third-order valence-electron chi connectivity index (χ3n) is 12.3. The first-order chi connectivity index (χ1) is 29.8. The average molecular weight is 822 g/mol. The molecule has 6 aromatic rings. The van der Waals surface area contributed by atoms with E-state index in [-0.39, 0.29) is 42.2 Å². The molecule has 0 saturated carbocycles. The van der Waals surface area contributed by atoms with E-state index in [1.54, 1.807) is 18.5 Å². The van der Waals surface area contributed by atoms with Crippen molar-refractivity contribution in [3.63, 3.8) is 0 Å². The zero-order valence-corrected chi connectivity index (χ0v) is 34.9. The van der Waals surface area contributed by atoms with Gasteiger partial charge in [0.15, 0.2) is 0 Å². The summed E-state index contributed by atoms with van der Waals surface area (Å²) in [7, 11) is 1.33. The fraction of sp³-hybridized carbons (Fsp3) is 0.327. The van der Waals surface area contributed by atoms with Crippen molar-refractivity contribution in [2.45, 2.75) is 70.0 Å². The van der Waals surface area contributed by atoms with Gasteiger partial charge in [-0.05, 0) is 78.7 Å². The fourth-order valence-electron chi connectivity index (χ4n) is 9.05. The lowest BCUT2D eigenvalue weighted by molar-refractivity contribution is -0.145. The Morgan fingerprint density at radius 3 is 1.85 bits per heavy atom. The SMILES string of the molecule is CCN(CC)[C@@H](C(=O)N1CCC[C@H]1c1ncc(-c2ccc(-c3ccc(-c4cnc([C@@H]5CCCN5C(=O)[C@H](CC(=O)OC)c5ccccc5)[nH]4)cc3)cc2F)[nH]1)c1ccccc1. The van der Waals surface area contributed by atoms with Gasteiger partial charge < -0.3 is 24.5 Å². The van der Waals surface area contributed by atoms with Crippen molar-refractivity contribution in [2.75, 3.05) is 33.3 Å². The highest BCUT2D eigenvalue weighted by Gasteiger charge is 2.39. The number of halogens is 1. The number of carbonyl (C=O) groups is 3. The Balaban J connectivity index is 0.950. The Bertz CT molecular complexity index is 2450. The van der Waals surface area contributed by atoms with Crippen molar-refractivity contribution in [2.24, 2.45) is 0 Å². The Hall–Kier alpha value is -6.40. The molecule has 2 aliphatic rings. The number of nitrogens with one attached hydrogen (secondary N) is 2. The third-order valence-corrected chi connectivity index (χ3v) is 12.3. The normalized spacial score (nSPS) is 17.5. The number of nitrogens with zero attached hydrogens (tertiary/aromatic N) is 5. The summed E-state index contributed by atoms with van der Waals surface area (Å²) in [6, 6.07) is 31.5. The molecule has 61 heavy (non-hydrogen) atoms. The van der Waals surface area contributed by atoms with Crippen molar-refractivity contribution >= 4 is 17.8 Å². The number of benzene rings is 4. The van der Waals surface area contributed by atoms with E-state index >= 15 is 4.39 Å². The standard InChI is InChI=1S/C49H52FN7O4/c1-4-55(5-2)45(35-16-10-7-11-17-35)49(60)57-27-13-19-43(57)47-52-31-41(54-47)37-25-24-36(28-39(37)50)32-20-22-34(23-21-32)40-30-51-46(53-40)42-18-12-26-56(42)48(59)38(29-44(58)61-3)33-14-8-6-9-15-33/h6-11,14-17,20-25,28,30-31,38,42-43,45H,4-5,12-13,18-19,26-27,29H2,1-3H3,(H,51,53)(H,52,54)/t38-,42+,43+,45-/m1/s1. The van der Waals surface area contributed by atoms with Gasteiger partial charge in [-0.1, -0.05) is 105 Å². The van der Waals surface area contributed by atoms with Gasteiger partial charge in [-0.15, -0.1) is 0 Å². The van der Waals surface area contributed by atoms with Gasteiger partial charge in [0.25, 0.3) is 0 Å². The van der Waals surface area contributed by atoms with Crippen LogP contribution in [0.3, 0.4) is 0 Å². The number of aromatic nitrogens is 4. The van der Waals surface area contributed by atoms with Crippen LogP contribution in [-0.4, -0.2) is 85.7 Å². The molecule has 0 spiro atoms. The van der Waals surface area contributed by atoms with E-state index in [0.29, 0.717) is 36.0 Å². The Morgan fingerprint density at radius 2 is 1.26 bits per heavy atom. The number of imidazole rings is 2. The van der Waals surface area contributed by atoms with E-state index in [2.05, 4.69) is 33.7 Å². The molecule has 314 valence electrons. The lowest BCUT2D eigenvalue weighted by Crippen LogP contribution is -2.43. The summed E-state index contributed by atoms with van der Waals surface area (Å²) in [5.41, 5.74) is 6.01. The Labute approximate surface area is 356 Å². The smallest absolute Gasteiger partial charge is 0.306 e. The molecule has 4 atom stereocenters. The zero-order chi connectivity index (χ0) is 42.5. The average Bonchev–Trinajstić information content (AvgIpc) is 4.15. The monoisotopic (exact) mass is 821 g/mol. The van der Waals surface area contributed by atoms with Crippen molar-refractivity contribution in [1.29, 1.82) is 0 Å². The maximum atomic E-state index is 15.9. The first-order valence-corrected chi connectivity index (χ1v) is 21.3. The molecule has 4 aromatic carbocycles. The van der Waals surface area contributed by atoms with Crippen LogP contribution < -0.4 is 0 Å². The van der Waals surface area contributed by atoms with Crippen LogP contribution in [-0.2, 0) is 19.1 Å². The van der Waals surface area contributed by atoms with Gasteiger partial charge in [0.05, 0.1) is 55.3 Å². The van der Waals surface area contributed by atoms with Crippen LogP contribution in [0.4, 0.5) is 4.39 Å². The molecule has 4 heterocycles. The van der Waals surface area contributed by atoms with Crippen LogP contribution in [0.1, 0.15) is 92.8 Å². The number of H-pyrrole nitrogens is 2.